The Labute approximate surface area is 141 Å². The molecule has 0 bridgehead atoms. The number of pyridine rings is 1. The number of carbonyl (C=O) groups excluding carboxylic acids is 2. The van der Waals surface area contributed by atoms with Gasteiger partial charge in [0.25, 0.3) is 0 Å². The zero-order chi connectivity index (χ0) is 17.1. The molecule has 0 aliphatic carbocycles. The first-order valence-electron chi connectivity index (χ1n) is 8.10. The Morgan fingerprint density at radius 1 is 1.29 bits per heavy atom. The molecule has 124 valence electrons. The van der Waals surface area contributed by atoms with Crippen molar-refractivity contribution in [1.29, 1.82) is 0 Å². The predicted molar refractivity (Wildman–Crippen MR) is 91.3 cm³/mol. The summed E-state index contributed by atoms with van der Waals surface area (Å²) in [4.78, 5) is 31.1. The molecule has 0 saturated carbocycles. The van der Waals surface area contributed by atoms with Crippen LogP contribution in [0.1, 0.15) is 28.4 Å². The van der Waals surface area contributed by atoms with Crippen LogP contribution in [0.15, 0.2) is 42.6 Å². The normalized spacial score (nSPS) is 17.5. The number of rotatable bonds is 3. The Bertz CT molecular complexity index is 755. The molecule has 1 aromatic heterocycles. The Hall–Kier alpha value is -2.69. The fraction of sp³-hybridized carbons (Fsp3) is 0.316. The number of aryl methyl sites for hydroxylation is 2. The molecule has 3 rings (SSSR count). The van der Waals surface area contributed by atoms with Gasteiger partial charge in [0.1, 0.15) is 6.04 Å². The number of hydrogen-bond acceptors (Lipinski definition) is 3. The van der Waals surface area contributed by atoms with Crippen LogP contribution in [-0.2, 0) is 16.0 Å². The van der Waals surface area contributed by atoms with Crippen LogP contribution < -0.4 is 5.32 Å². The summed E-state index contributed by atoms with van der Waals surface area (Å²) in [6.45, 7) is 4.89. The molecule has 1 aromatic carbocycles. The fourth-order valence-corrected chi connectivity index (χ4v) is 2.99. The van der Waals surface area contributed by atoms with Crippen molar-refractivity contribution in [1.82, 2.24) is 15.2 Å². The van der Waals surface area contributed by atoms with Gasteiger partial charge in [-0.15, -0.1) is 0 Å². The second-order valence-electron chi connectivity index (χ2n) is 6.18. The third-order valence-electron chi connectivity index (χ3n) is 4.22. The molecule has 5 nitrogen and oxygen atoms in total. The van der Waals surface area contributed by atoms with E-state index in [1.807, 2.05) is 50.2 Å². The summed E-state index contributed by atoms with van der Waals surface area (Å²) in [5.74, 6) is -0.177. The Balaban J connectivity index is 1.84. The number of hydrogen-bond donors (Lipinski definition) is 1. The van der Waals surface area contributed by atoms with E-state index in [0.29, 0.717) is 13.1 Å². The summed E-state index contributed by atoms with van der Waals surface area (Å²) in [6, 6.07) is 11.0. The van der Waals surface area contributed by atoms with Crippen molar-refractivity contribution in [3.8, 4) is 0 Å². The standard InChI is InChI=1S/C19H21N3O2/c1-13-4-3-5-16(10-13)18-19(24)20-8-9-22(18)17(23)11-15-7-6-14(2)21-12-15/h3-7,10,12,18H,8-9,11H2,1-2H3,(H,20,24). The summed E-state index contributed by atoms with van der Waals surface area (Å²) >= 11 is 0. The van der Waals surface area contributed by atoms with E-state index in [-0.39, 0.29) is 18.2 Å². The fourth-order valence-electron chi connectivity index (χ4n) is 2.99. The molecular weight excluding hydrogens is 302 g/mol. The Kier molecular flexibility index (Phi) is 4.60. The topological polar surface area (TPSA) is 62.3 Å². The van der Waals surface area contributed by atoms with E-state index in [0.717, 1.165) is 22.4 Å². The average molecular weight is 323 g/mol. The van der Waals surface area contributed by atoms with Gasteiger partial charge in [-0.25, -0.2) is 0 Å². The second-order valence-corrected chi connectivity index (χ2v) is 6.18. The summed E-state index contributed by atoms with van der Waals surface area (Å²) in [7, 11) is 0. The summed E-state index contributed by atoms with van der Waals surface area (Å²) in [5.41, 5.74) is 3.70. The molecule has 2 amide bonds. The smallest absolute Gasteiger partial charge is 0.247 e. The van der Waals surface area contributed by atoms with Gasteiger partial charge in [-0.1, -0.05) is 35.9 Å². The minimum Gasteiger partial charge on any atom is -0.352 e. The van der Waals surface area contributed by atoms with Crippen molar-refractivity contribution >= 4 is 11.8 Å². The summed E-state index contributed by atoms with van der Waals surface area (Å²) in [5, 5.41) is 2.86. The number of aromatic nitrogens is 1. The molecular formula is C19H21N3O2. The van der Waals surface area contributed by atoms with Gasteiger partial charge in [0.05, 0.1) is 6.42 Å². The maximum Gasteiger partial charge on any atom is 0.247 e. The zero-order valence-electron chi connectivity index (χ0n) is 14.0. The van der Waals surface area contributed by atoms with Crippen LogP contribution in [0, 0.1) is 13.8 Å². The van der Waals surface area contributed by atoms with Gasteiger partial charge in [-0.2, -0.15) is 0 Å². The van der Waals surface area contributed by atoms with Gasteiger partial charge in [0.2, 0.25) is 11.8 Å². The lowest BCUT2D eigenvalue weighted by Crippen LogP contribution is -2.52. The van der Waals surface area contributed by atoms with Crippen molar-refractivity contribution in [3.63, 3.8) is 0 Å². The molecule has 2 heterocycles. The highest BCUT2D eigenvalue weighted by Crippen LogP contribution is 2.25. The van der Waals surface area contributed by atoms with Crippen LogP contribution in [0.2, 0.25) is 0 Å². The summed E-state index contributed by atoms with van der Waals surface area (Å²) in [6.07, 6.45) is 1.97. The van der Waals surface area contributed by atoms with Crippen molar-refractivity contribution in [2.75, 3.05) is 13.1 Å². The SMILES string of the molecule is Cc1cccc(C2C(=O)NCCN2C(=O)Cc2ccc(C)nc2)c1. The van der Waals surface area contributed by atoms with Gasteiger partial charge in [0, 0.05) is 25.0 Å². The van der Waals surface area contributed by atoms with Gasteiger partial charge < -0.3 is 10.2 Å². The van der Waals surface area contributed by atoms with Crippen LogP contribution in [0.5, 0.6) is 0 Å². The van der Waals surface area contributed by atoms with Crippen LogP contribution in [0.3, 0.4) is 0 Å². The van der Waals surface area contributed by atoms with E-state index >= 15 is 0 Å². The van der Waals surface area contributed by atoms with Crippen molar-refractivity contribution in [2.24, 2.45) is 0 Å². The van der Waals surface area contributed by atoms with E-state index < -0.39 is 6.04 Å². The quantitative estimate of drug-likeness (QED) is 0.939. The van der Waals surface area contributed by atoms with Crippen molar-refractivity contribution in [2.45, 2.75) is 26.3 Å². The molecule has 24 heavy (non-hydrogen) atoms. The molecule has 1 aliphatic rings. The second kappa shape index (κ2) is 6.83. The first-order valence-corrected chi connectivity index (χ1v) is 8.10. The van der Waals surface area contributed by atoms with E-state index in [2.05, 4.69) is 10.3 Å². The lowest BCUT2D eigenvalue weighted by Gasteiger charge is -2.35. The van der Waals surface area contributed by atoms with Crippen LogP contribution >= 0.6 is 0 Å². The molecule has 1 saturated heterocycles. The highest BCUT2D eigenvalue weighted by Gasteiger charge is 2.34. The van der Waals surface area contributed by atoms with Crippen LogP contribution in [0.4, 0.5) is 0 Å². The molecule has 0 spiro atoms. The monoisotopic (exact) mass is 323 g/mol. The molecule has 5 heteroatoms. The Morgan fingerprint density at radius 2 is 2.12 bits per heavy atom. The molecule has 1 unspecified atom stereocenters. The third-order valence-corrected chi connectivity index (χ3v) is 4.22. The van der Waals surface area contributed by atoms with E-state index in [9.17, 15) is 9.59 Å². The number of nitrogens with zero attached hydrogens (tertiary/aromatic N) is 2. The number of piperazine rings is 1. The maximum absolute atomic E-state index is 12.8. The molecule has 1 N–H and O–H groups in total. The number of nitrogens with one attached hydrogen (secondary N) is 1. The largest absolute Gasteiger partial charge is 0.352 e. The maximum atomic E-state index is 12.8. The molecule has 1 aliphatic heterocycles. The number of amides is 2. The van der Waals surface area contributed by atoms with Gasteiger partial charge >= 0.3 is 0 Å². The van der Waals surface area contributed by atoms with Gasteiger partial charge in [0.15, 0.2) is 0 Å². The predicted octanol–water partition coefficient (Wildman–Crippen LogP) is 1.94. The highest BCUT2D eigenvalue weighted by molar-refractivity contribution is 5.90. The van der Waals surface area contributed by atoms with Crippen LogP contribution in [-0.4, -0.2) is 34.8 Å². The first-order chi connectivity index (χ1) is 11.5. The zero-order valence-corrected chi connectivity index (χ0v) is 14.0. The van der Waals surface area contributed by atoms with E-state index in [1.54, 1.807) is 11.1 Å². The summed E-state index contributed by atoms with van der Waals surface area (Å²) < 4.78 is 0. The third kappa shape index (κ3) is 3.45. The van der Waals surface area contributed by atoms with E-state index in [4.69, 9.17) is 0 Å². The Morgan fingerprint density at radius 3 is 2.83 bits per heavy atom. The van der Waals surface area contributed by atoms with E-state index in [1.165, 1.54) is 0 Å². The van der Waals surface area contributed by atoms with Crippen LogP contribution in [0.25, 0.3) is 0 Å². The minimum absolute atomic E-state index is 0.0537. The molecule has 2 aromatic rings. The van der Waals surface area contributed by atoms with Crippen molar-refractivity contribution < 1.29 is 9.59 Å². The molecule has 1 atom stereocenters. The van der Waals surface area contributed by atoms with Crippen molar-refractivity contribution in [3.05, 3.63) is 65.0 Å². The minimum atomic E-state index is -0.565. The lowest BCUT2D eigenvalue weighted by molar-refractivity contribution is -0.143. The van der Waals surface area contributed by atoms with Gasteiger partial charge in [-0.3, -0.25) is 14.6 Å². The highest BCUT2D eigenvalue weighted by atomic mass is 16.2. The molecule has 1 fully saturated rings. The van der Waals surface area contributed by atoms with Gasteiger partial charge in [-0.05, 0) is 31.0 Å². The number of benzene rings is 1. The molecule has 0 radical (unpaired) electrons. The first kappa shape index (κ1) is 16.2. The average Bonchev–Trinajstić information content (AvgIpc) is 2.56. The number of carbonyl (C=O) groups is 2. The lowest BCUT2D eigenvalue weighted by atomic mass is 9.99.